The van der Waals surface area contributed by atoms with Crippen LogP contribution in [0.2, 0.25) is 0 Å². The number of aryl methyl sites for hydroxylation is 1. The molecule has 2 heterocycles. The number of ether oxygens (including phenoxy) is 1. The lowest BCUT2D eigenvalue weighted by Crippen LogP contribution is -2.23. The van der Waals surface area contributed by atoms with Crippen LogP contribution in [0.4, 0.5) is 0 Å². The fourth-order valence-corrected chi connectivity index (χ4v) is 2.91. The van der Waals surface area contributed by atoms with Crippen LogP contribution in [-0.2, 0) is 22.5 Å². The van der Waals surface area contributed by atoms with Crippen molar-refractivity contribution in [3.63, 3.8) is 0 Å². The van der Waals surface area contributed by atoms with E-state index in [9.17, 15) is 10.1 Å². The average molecular weight is 287 g/mol. The number of hydrogen-bond donors (Lipinski definition) is 0. The normalized spacial score (nSPS) is 16.9. The summed E-state index contributed by atoms with van der Waals surface area (Å²) in [5.74, 6) is 0.397. The molecule has 0 saturated carbocycles. The third-order valence-corrected chi connectivity index (χ3v) is 3.83. The second-order valence-corrected chi connectivity index (χ2v) is 5.22. The van der Waals surface area contributed by atoms with Crippen LogP contribution in [0.1, 0.15) is 56.2 Å². The van der Waals surface area contributed by atoms with Crippen molar-refractivity contribution in [2.24, 2.45) is 0 Å². The molecule has 1 aliphatic heterocycles. The van der Waals surface area contributed by atoms with Crippen molar-refractivity contribution < 1.29 is 9.53 Å². The average Bonchev–Trinajstić information content (AvgIpc) is 2.85. The lowest BCUT2D eigenvalue weighted by Gasteiger charge is -2.26. The molecule has 0 amide bonds. The fraction of sp³-hybridized carbons (Fsp3) is 0.562. The van der Waals surface area contributed by atoms with Gasteiger partial charge in [0, 0.05) is 24.5 Å². The van der Waals surface area contributed by atoms with Gasteiger partial charge in [-0.3, -0.25) is 0 Å². The second-order valence-electron chi connectivity index (χ2n) is 5.22. The maximum Gasteiger partial charge on any atom is 0.334 e. The van der Waals surface area contributed by atoms with Crippen LogP contribution in [0, 0.1) is 11.3 Å². The number of nitriles is 1. The molecule has 0 bridgehead atoms. The van der Waals surface area contributed by atoms with E-state index in [-0.39, 0.29) is 11.9 Å². The molecule has 0 spiro atoms. The van der Waals surface area contributed by atoms with Gasteiger partial charge in [-0.1, -0.05) is 13.5 Å². The lowest BCUT2D eigenvalue weighted by molar-refractivity contribution is -0.138. The quantitative estimate of drug-likeness (QED) is 0.617. The van der Waals surface area contributed by atoms with Gasteiger partial charge in [0.05, 0.1) is 12.3 Å². The first-order chi connectivity index (χ1) is 10.1. The highest BCUT2D eigenvalue weighted by atomic mass is 16.5. The summed E-state index contributed by atoms with van der Waals surface area (Å²) in [6, 6.07) is 2.16. The van der Waals surface area contributed by atoms with Gasteiger partial charge in [0.2, 0.25) is 0 Å². The van der Waals surface area contributed by atoms with Crippen molar-refractivity contribution in [2.45, 2.75) is 52.0 Å². The second kappa shape index (κ2) is 6.57. The topological polar surface area (TPSA) is 67.9 Å². The molecule has 0 saturated heterocycles. The Morgan fingerprint density at radius 3 is 2.95 bits per heavy atom. The molecule has 1 aromatic rings. The minimum Gasteiger partial charge on any atom is -0.463 e. The summed E-state index contributed by atoms with van der Waals surface area (Å²) in [6.07, 6.45) is 3.58. The molecular formula is C16H21N3O2. The zero-order valence-corrected chi connectivity index (χ0v) is 12.7. The number of fused-ring (bicyclic) bond motifs is 1. The van der Waals surface area contributed by atoms with Gasteiger partial charge in [0.1, 0.15) is 11.9 Å². The molecule has 1 aromatic heterocycles. The predicted molar refractivity (Wildman–Crippen MR) is 78.7 cm³/mol. The molecule has 1 unspecified atom stereocenters. The first-order valence-corrected chi connectivity index (χ1v) is 7.49. The van der Waals surface area contributed by atoms with E-state index < -0.39 is 0 Å². The van der Waals surface area contributed by atoms with Crippen molar-refractivity contribution in [1.29, 1.82) is 5.26 Å². The fourth-order valence-electron chi connectivity index (χ4n) is 2.91. The lowest BCUT2D eigenvalue weighted by atomic mass is 9.88. The zero-order valence-electron chi connectivity index (χ0n) is 12.7. The van der Waals surface area contributed by atoms with E-state index in [0.717, 1.165) is 43.7 Å². The first-order valence-electron chi connectivity index (χ1n) is 7.49. The van der Waals surface area contributed by atoms with Crippen molar-refractivity contribution in [1.82, 2.24) is 9.55 Å². The van der Waals surface area contributed by atoms with E-state index in [1.807, 2.05) is 0 Å². The summed E-state index contributed by atoms with van der Waals surface area (Å²) < 4.78 is 7.15. The van der Waals surface area contributed by atoms with Crippen LogP contribution >= 0.6 is 0 Å². The van der Waals surface area contributed by atoms with Crippen molar-refractivity contribution in [3.05, 3.63) is 29.4 Å². The molecule has 1 atom stereocenters. The Bertz CT molecular complexity index is 595. The summed E-state index contributed by atoms with van der Waals surface area (Å²) >= 11 is 0. The molecule has 5 nitrogen and oxygen atoms in total. The largest absolute Gasteiger partial charge is 0.463 e. The molecule has 1 aliphatic rings. The molecule has 0 N–H and O–H groups in total. The van der Waals surface area contributed by atoms with Crippen LogP contribution < -0.4 is 0 Å². The Morgan fingerprint density at radius 2 is 2.33 bits per heavy atom. The highest BCUT2D eigenvalue weighted by Crippen LogP contribution is 2.36. The number of carbonyl (C=O) groups excluding carboxylic acids is 1. The number of aromatic nitrogens is 2. The van der Waals surface area contributed by atoms with Crippen LogP contribution in [0.25, 0.3) is 0 Å². The summed E-state index contributed by atoms with van der Waals surface area (Å²) in [7, 11) is 0. The molecule has 112 valence electrons. The van der Waals surface area contributed by atoms with Crippen molar-refractivity contribution in [2.75, 3.05) is 6.61 Å². The molecule has 2 rings (SSSR count). The molecule has 0 radical (unpaired) electrons. The standard InChI is InChI=1S/C16H21N3O2/c1-4-7-14-18-13(10-17)15-12(8-6-9-19(14)15)11(3)16(20)21-5-2/h12H,3-9H2,1-2H3. The zero-order chi connectivity index (χ0) is 15.4. The van der Waals surface area contributed by atoms with E-state index in [0.29, 0.717) is 17.9 Å². The van der Waals surface area contributed by atoms with E-state index in [1.54, 1.807) is 6.92 Å². The first kappa shape index (κ1) is 15.3. The van der Waals surface area contributed by atoms with Gasteiger partial charge < -0.3 is 9.30 Å². The smallest absolute Gasteiger partial charge is 0.334 e. The minimum absolute atomic E-state index is 0.162. The SMILES string of the molecule is C=C(C(=O)OCC)C1CCCn2c(CCC)nc(C#N)c21. The van der Waals surface area contributed by atoms with E-state index in [4.69, 9.17) is 4.74 Å². The Hall–Kier alpha value is -2.09. The van der Waals surface area contributed by atoms with Crippen LogP contribution in [0.5, 0.6) is 0 Å². The Kier molecular flexibility index (Phi) is 4.79. The third kappa shape index (κ3) is 2.85. The maximum absolute atomic E-state index is 11.9. The van der Waals surface area contributed by atoms with E-state index in [1.165, 1.54) is 0 Å². The maximum atomic E-state index is 11.9. The Labute approximate surface area is 125 Å². The molecule has 0 aliphatic carbocycles. The number of nitrogens with zero attached hydrogens (tertiary/aromatic N) is 3. The van der Waals surface area contributed by atoms with Gasteiger partial charge in [-0.15, -0.1) is 0 Å². The summed E-state index contributed by atoms with van der Waals surface area (Å²) in [4.78, 5) is 16.4. The molecule has 5 heteroatoms. The summed E-state index contributed by atoms with van der Waals surface area (Å²) in [6.45, 7) is 8.95. The van der Waals surface area contributed by atoms with Crippen molar-refractivity contribution >= 4 is 5.97 Å². The summed E-state index contributed by atoms with van der Waals surface area (Å²) in [5, 5.41) is 9.35. The molecule has 0 fully saturated rings. The minimum atomic E-state index is -0.377. The van der Waals surface area contributed by atoms with Gasteiger partial charge >= 0.3 is 5.97 Å². The Balaban J connectivity index is 2.41. The predicted octanol–water partition coefficient (Wildman–Crippen LogP) is 2.70. The Morgan fingerprint density at radius 1 is 1.57 bits per heavy atom. The number of imidazole rings is 1. The highest BCUT2D eigenvalue weighted by Gasteiger charge is 2.32. The van der Waals surface area contributed by atoms with E-state index >= 15 is 0 Å². The molecular weight excluding hydrogens is 266 g/mol. The highest BCUT2D eigenvalue weighted by molar-refractivity contribution is 5.89. The monoisotopic (exact) mass is 287 g/mol. The molecule has 21 heavy (non-hydrogen) atoms. The van der Waals surface area contributed by atoms with Crippen LogP contribution in [0.15, 0.2) is 12.2 Å². The number of rotatable bonds is 5. The van der Waals surface area contributed by atoms with Gasteiger partial charge in [-0.2, -0.15) is 5.26 Å². The van der Waals surface area contributed by atoms with Crippen LogP contribution in [0.3, 0.4) is 0 Å². The van der Waals surface area contributed by atoms with Gasteiger partial charge in [0.15, 0.2) is 5.69 Å². The number of carbonyl (C=O) groups is 1. The number of hydrogen-bond acceptors (Lipinski definition) is 4. The van der Waals surface area contributed by atoms with Crippen LogP contribution in [-0.4, -0.2) is 22.1 Å². The third-order valence-electron chi connectivity index (χ3n) is 3.83. The molecule has 0 aromatic carbocycles. The summed E-state index contributed by atoms with van der Waals surface area (Å²) in [5.41, 5.74) is 1.69. The van der Waals surface area contributed by atoms with E-state index in [2.05, 4.69) is 29.1 Å². The number of esters is 1. The van der Waals surface area contributed by atoms with Crippen molar-refractivity contribution in [3.8, 4) is 6.07 Å². The van der Waals surface area contributed by atoms with Gasteiger partial charge in [-0.25, -0.2) is 9.78 Å². The van der Waals surface area contributed by atoms with Gasteiger partial charge in [-0.05, 0) is 26.2 Å². The van der Waals surface area contributed by atoms with Gasteiger partial charge in [0.25, 0.3) is 0 Å².